The van der Waals surface area contributed by atoms with Crippen LogP contribution in [-0.4, -0.2) is 78.7 Å². The fourth-order valence-corrected chi connectivity index (χ4v) is 3.86. The van der Waals surface area contributed by atoms with Gasteiger partial charge in [0, 0.05) is 37.9 Å². The summed E-state index contributed by atoms with van der Waals surface area (Å²) >= 11 is 1.39. The number of carbonyl (C=O) groups excluding carboxylic acids is 3. The van der Waals surface area contributed by atoms with Crippen molar-refractivity contribution in [3.63, 3.8) is 0 Å². The second-order valence-electron chi connectivity index (χ2n) is 7.03. The van der Waals surface area contributed by atoms with Gasteiger partial charge in [-0.25, -0.2) is 8.78 Å². The van der Waals surface area contributed by atoms with Gasteiger partial charge in [0.2, 0.25) is 11.8 Å². The van der Waals surface area contributed by atoms with E-state index in [9.17, 15) is 23.2 Å². The Kier molecular flexibility index (Phi) is 7.11. The molecule has 3 rings (SSSR count). The largest absolute Gasteiger partial charge is 0.338 e. The van der Waals surface area contributed by atoms with E-state index in [1.165, 1.54) is 16.2 Å². The number of hydrogen-bond donors (Lipinski definition) is 1. The number of amides is 3. The molecule has 1 aliphatic heterocycles. The van der Waals surface area contributed by atoms with Gasteiger partial charge in [-0.15, -0.1) is 11.3 Å². The molecule has 1 fully saturated rings. The van der Waals surface area contributed by atoms with Gasteiger partial charge >= 0.3 is 0 Å². The zero-order chi connectivity index (χ0) is 21.7. The lowest BCUT2D eigenvalue weighted by Crippen LogP contribution is -2.52. The summed E-state index contributed by atoms with van der Waals surface area (Å²) in [6, 6.07) is 6.36. The van der Waals surface area contributed by atoms with Gasteiger partial charge in [0.25, 0.3) is 5.91 Å². The molecule has 30 heavy (non-hydrogen) atoms. The quantitative estimate of drug-likeness (QED) is 0.751. The van der Waals surface area contributed by atoms with Crippen molar-refractivity contribution < 1.29 is 23.2 Å². The number of hydrogen-bond acceptors (Lipinski definition) is 5. The third-order valence-electron chi connectivity index (χ3n) is 4.62. The molecule has 1 aliphatic rings. The molecular formula is C20H22F2N4O3S. The molecule has 0 unspecified atom stereocenters. The molecule has 3 amide bonds. The Bertz CT molecular complexity index is 895. The number of benzene rings is 1. The highest BCUT2D eigenvalue weighted by Crippen LogP contribution is 2.14. The van der Waals surface area contributed by atoms with Gasteiger partial charge in [0.1, 0.15) is 11.6 Å². The minimum atomic E-state index is -0.787. The van der Waals surface area contributed by atoms with Crippen molar-refractivity contribution in [3.8, 4) is 0 Å². The van der Waals surface area contributed by atoms with Crippen LogP contribution in [0.4, 0.5) is 14.5 Å². The van der Waals surface area contributed by atoms with E-state index in [4.69, 9.17) is 0 Å². The van der Waals surface area contributed by atoms with Crippen LogP contribution in [0.15, 0.2) is 35.7 Å². The van der Waals surface area contributed by atoms with Crippen LogP contribution in [0.5, 0.6) is 0 Å². The van der Waals surface area contributed by atoms with Crippen LogP contribution >= 0.6 is 11.3 Å². The van der Waals surface area contributed by atoms with Crippen molar-refractivity contribution >= 4 is 34.7 Å². The van der Waals surface area contributed by atoms with Crippen LogP contribution in [0.25, 0.3) is 0 Å². The average molecular weight is 436 g/mol. The van der Waals surface area contributed by atoms with Gasteiger partial charge in [-0.1, -0.05) is 6.07 Å². The van der Waals surface area contributed by atoms with E-state index >= 15 is 0 Å². The minimum Gasteiger partial charge on any atom is -0.338 e. The Hall–Kier alpha value is -2.85. The van der Waals surface area contributed by atoms with Gasteiger partial charge in [0.05, 0.1) is 18.0 Å². The summed E-state index contributed by atoms with van der Waals surface area (Å²) in [5.41, 5.74) is 0.0174. The molecule has 2 heterocycles. The van der Waals surface area contributed by atoms with Gasteiger partial charge in [0.15, 0.2) is 0 Å². The summed E-state index contributed by atoms with van der Waals surface area (Å²) in [5, 5.41) is 4.26. The molecule has 10 heteroatoms. The summed E-state index contributed by atoms with van der Waals surface area (Å²) in [7, 11) is 1.61. The smallest absolute Gasteiger partial charge is 0.264 e. The third-order valence-corrected chi connectivity index (χ3v) is 5.47. The van der Waals surface area contributed by atoms with Crippen LogP contribution in [0.1, 0.15) is 9.67 Å². The van der Waals surface area contributed by atoms with Crippen molar-refractivity contribution in [2.75, 3.05) is 51.6 Å². The first kappa shape index (κ1) is 21.8. The number of likely N-dealkylation sites (N-methyl/N-ethyl adjacent to an activating group) is 1. The Morgan fingerprint density at radius 2 is 1.67 bits per heavy atom. The predicted molar refractivity (Wildman–Crippen MR) is 109 cm³/mol. The summed E-state index contributed by atoms with van der Waals surface area (Å²) in [6.07, 6.45) is 0. The van der Waals surface area contributed by atoms with Crippen LogP contribution < -0.4 is 5.32 Å². The SMILES string of the molecule is CN(CC(=O)Nc1cc(F)cc(F)c1)CC(=O)N1CCN(C(=O)c2cccs2)CC1. The number of nitrogens with zero attached hydrogens (tertiary/aromatic N) is 3. The number of piperazine rings is 1. The Balaban J connectivity index is 1.43. The van der Waals surface area contributed by atoms with Crippen LogP contribution in [0.3, 0.4) is 0 Å². The van der Waals surface area contributed by atoms with E-state index in [-0.39, 0.29) is 30.6 Å². The number of thiophene rings is 1. The molecule has 1 N–H and O–H groups in total. The van der Waals surface area contributed by atoms with E-state index in [2.05, 4.69) is 5.32 Å². The highest BCUT2D eigenvalue weighted by Gasteiger charge is 2.26. The second kappa shape index (κ2) is 9.77. The van der Waals surface area contributed by atoms with Crippen LogP contribution in [-0.2, 0) is 9.59 Å². The van der Waals surface area contributed by atoms with Gasteiger partial charge in [-0.05, 0) is 30.6 Å². The molecule has 1 saturated heterocycles. The zero-order valence-electron chi connectivity index (χ0n) is 16.4. The molecule has 0 radical (unpaired) electrons. The fraction of sp³-hybridized carbons (Fsp3) is 0.350. The predicted octanol–water partition coefficient (Wildman–Crippen LogP) is 1.88. The second-order valence-corrected chi connectivity index (χ2v) is 7.98. The summed E-state index contributed by atoms with van der Waals surface area (Å²) in [4.78, 5) is 42.5. The molecule has 1 aromatic heterocycles. The van der Waals surface area contributed by atoms with E-state index in [0.29, 0.717) is 37.1 Å². The lowest BCUT2D eigenvalue weighted by atomic mass is 10.2. The van der Waals surface area contributed by atoms with Crippen molar-refractivity contribution in [1.82, 2.24) is 14.7 Å². The molecule has 0 aliphatic carbocycles. The number of carbonyl (C=O) groups is 3. The minimum absolute atomic E-state index is 0.0174. The first-order valence-corrected chi connectivity index (χ1v) is 10.2. The first-order valence-electron chi connectivity index (χ1n) is 9.37. The van der Waals surface area contributed by atoms with Gasteiger partial charge in [-0.2, -0.15) is 0 Å². The topological polar surface area (TPSA) is 73.0 Å². The van der Waals surface area contributed by atoms with Gasteiger partial charge < -0.3 is 15.1 Å². The Morgan fingerprint density at radius 3 is 2.27 bits per heavy atom. The lowest BCUT2D eigenvalue weighted by molar-refractivity contribution is -0.133. The summed E-state index contributed by atoms with van der Waals surface area (Å²) in [6.45, 7) is 1.68. The molecule has 1 aromatic carbocycles. The summed E-state index contributed by atoms with van der Waals surface area (Å²) < 4.78 is 26.4. The Labute approximate surface area is 176 Å². The molecule has 0 spiro atoms. The van der Waals surface area contributed by atoms with E-state index in [1.807, 2.05) is 11.4 Å². The normalized spacial score (nSPS) is 14.1. The van der Waals surface area contributed by atoms with E-state index in [1.54, 1.807) is 22.9 Å². The molecule has 0 bridgehead atoms. The van der Waals surface area contributed by atoms with E-state index in [0.717, 1.165) is 12.1 Å². The molecule has 7 nitrogen and oxygen atoms in total. The van der Waals surface area contributed by atoms with Crippen molar-refractivity contribution in [2.45, 2.75) is 0 Å². The van der Waals surface area contributed by atoms with Crippen LogP contribution in [0, 0.1) is 11.6 Å². The molecule has 160 valence electrons. The monoisotopic (exact) mass is 436 g/mol. The maximum absolute atomic E-state index is 13.2. The van der Waals surface area contributed by atoms with Gasteiger partial charge in [-0.3, -0.25) is 19.3 Å². The van der Waals surface area contributed by atoms with Crippen molar-refractivity contribution in [1.29, 1.82) is 0 Å². The summed E-state index contributed by atoms with van der Waals surface area (Å²) in [5.74, 6) is -2.23. The molecule has 0 atom stereocenters. The Morgan fingerprint density at radius 1 is 1.03 bits per heavy atom. The highest BCUT2D eigenvalue weighted by atomic mass is 32.1. The lowest BCUT2D eigenvalue weighted by Gasteiger charge is -2.35. The molecule has 2 aromatic rings. The average Bonchev–Trinajstić information content (AvgIpc) is 3.21. The van der Waals surface area contributed by atoms with Crippen molar-refractivity contribution in [2.24, 2.45) is 0 Å². The maximum Gasteiger partial charge on any atom is 0.264 e. The first-order chi connectivity index (χ1) is 14.3. The molecule has 0 saturated carbocycles. The highest BCUT2D eigenvalue weighted by molar-refractivity contribution is 7.12. The number of halogens is 2. The number of anilines is 1. The number of rotatable bonds is 6. The van der Waals surface area contributed by atoms with Crippen LogP contribution in [0.2, 0.25) is 0 Å². The zero-order valence-corrected chi connectivity index (χ0v) is 17.3. The van der Waals surface area contributed by atoms with E-state index < -0.39 is 17.5 Å². The number of nitrogens with one attached hydrogen (secondary N) is 1. The molecular weight excluding hydrogens is 414 g/mol. The third kappa shape index (κ3) is 5.83. The maximum atomic E-state index is 13.2. The van der Waals surface area contributed by atoms with Crippen molar-refractivity contribution in [3.05, 3.63) is 52.2 Å². The fourth-order valence-electron chi connectivity index (χ4n) is 3.17. The standard InChI is InChI=1S/C20H22F2N4O3S/c1-24(12-18(27)23-16-10-14(21)9-15(22)11-16)13-19(28)25-4-6-26(7-5-25)20(29)17-3-2-8-30-17/h2-3,8-11H,4-7,12-13H2,1H3,(H,23,27).